The van der Waals surface area contributed by atoms with Gasteiger partial charge in [-0.3, -0.25) is 0 Å². The van der Waals surface area contributed by atoms with Crippen LogP contribution in [0.2, 0.25) is 0 Å². The van der Waals surface area contributed by atoms with E-state index in [1.807, 2.05) is 31.3 Å². The number of aliphatic imine (C=N–C) groups is 1. The molecule has 0 bridgehead atoms. The van der Waals surface area contributed by atoms with E-state index in [-0.39, 0.29) is 0 Å². The summed E-state index contributed by atoms with van der Waals surface area (Å²) in [5.74, 6) is 0.679. The highest BCUT2D eigenvalue weighted by molar-refractivity contribution is 5.95. The van der Waals surface area contributed by atoms with Crippen LogP contribution in [0, 0.1) is 0 Å². The molecule has 1 aliphatic heterocycles. The lowest BCUT2D eigenvalue weighted by Crippen LogP contribution is -2.17. The molecule has 2 rings (SSSR count). The van der Waals surface area contributed by atoms with E-state index in [0.29, 0.717) is 19.0 Å². The highest BCUT2D eigenvalue weighted by Crippen LogP contribution is 2.16. The lowest BCUT2D eigenvalue weighted by molar-refractivity contribution is 0.178. The molecule has 0 spiro atoms. The van der Waals surface area contributed by atoms with Crippen molar-refractivity contribution >= 4 is 5.90 Å². The second-order valence-corrected chi connectivity index (χ2v) is 3.73. The quantitative estimate of drug-likeness (QED) is 0.786. The third-order valence-electron chi connectivity index (χ3n) is 2.50. The number of hydrogen-bond donors (Lipinski definition) is 2. The highest BCUT2D eigenvalue weighted by atomic mass is 16.5. The van der Waals surface area contributed by atoms with Gasteiger partial charge in [-0.2, -0.15) is 0 Å². The van der Waals surface area contributed by atoms with Crippen molar-refractivity contribution in [2.45, 2.75) is 6.10 Å². The van der Waals surface area contributed by atoms with Crippen molar-refractivity contribution in [3.05, 3.63) is 35.4 Å². The van der Waals surface area contributed by atoms with Crippen LogP contribution < -0.4 is 5.32 Å². The Bertz CT molecular complexity index is 390. The fourth-order valence-corrected chi connectivity index (χ4v) is 1.70. The van der Waals surface area contributed by atoms with E-state index in [4.69, 9.17) is 4.74 Å². The van der Waals surface area contributed by atoms with Gasteiger partial charge >= 0.3 is 0 Å². The Hall–Kier alpha value is -1.39. The molecule has 0 aliphatic carbocycles. The Morgan fingerprint density at radius 3 is 3.12 bits per heavy atom. The largest absolute Gasteiger partial charge is 0.476 e. The second kappa shape index (κ2) is 5.09. The van der Waals surface area contributed by atoms with Crippen LogP contribution in [0.4, 0.5) is 0 Å². The zero-order chi connectivity index (χ0) is 11.4. The van der Waals surface area contributed by atoms with E-state index in [9.17, 15) is 5.11 Å². The van der Waals surface area contributed by atoms with Crippen molar-refractivity contribution < 1.29 is 9.84 Å². The van der Waals surface area contributed by atoms with Gasteiger partial charge in [0.2, 0.25) is 5.90 Å². The number of ether oxygens (including phenoxy) is 1. The first-order valence-electron chi connectivity index (χ1n) is 5.41. The van der Waals surface area contributed by atoms with E-state index in [1.54, 1.807) is 0 Å². The summed E-state index contributed by atoms with van der Waals surface area (Å²) in [7, 11) is 1.82. The van der Waals surface area contributed by atoms with Crippen LogP contribution in [0.1, 0.15) is 17.2 Å². The van der Waals surface area contributed by atoms with Gasteiger partial charge in [0.25, 0.3) is 0 Å². The van der Waals surface area contributed by atoms with E-state index in [0.717, 1.165) is 17.7 Å². The van der Waals surface area contributed by atoms with Gasteiger partial charge in [0.15, 0.2) is 0 Å². The molecule has 4 heteroatoms. The first-order valence-corrected chi connectivity index (χ1v) is 5.41. The second-order valence-electron chi connectivity index (χ2n) is 3.73. The van der Waals surface area contributed by atoms with Gasteiger partial charge in [-0.25, -0.2) is 4.99 Å². The van der Waals surface area contributed by atoms with E-state index in [2.05, 4.69) is 10.3 Å². The zero-order valence-electron chi connectivity index (χ0n) is 9.31. The number of likely N-dealkylation sites (N-methyl/N-ethyl adjacent to an activating group) is 1. The summed E-state index contributed by atoms with van der Waals surface area (Å²) in [5.41, 5.74) is 1.82. The van der Waals surface area contributed by atoms with Crippen LogP contribution in [-0.2, 0) is 4.74 Å². The molecule has 0 aromatic heterocycles. The fourth-order valence-electron chi connectivity index (χ4n) is 1.70. The molecule has 1 atom stereocenters. The number of rotatable bonds is 4. The summed E-state index contributed by atoms with van der Waals surface area (Å²) in [4.78, 5) is 4.25. The van der Waals surface area contributed by atoms with Gasteiger partial charge < -0.3 is 15.2 Å². The lowest BCUT2D eigenvalue weighted by Gasteiger charge is -2.11. The standard InChI is InChI=1S/C12H16N2O2/c1-13-8-11(15)9-3-2-4-10(7-9)12-14-5-6-16-12/h2-4,7,11,13,15H,5-6,8H2,1H3. The highest BCUT2D eigenvalue weighted by Gasteiger charge is 2.12. The third kappa shape index (κ3) is 2.40. The molecule has 1 aliphatic rings. The average molecular weight is 220 g/mol. The maximum Gasteiger partial charge on any atom is 0.216 e. The summed E-state index contributed by atoms with van der Waals surface area (Å²) >= 11 is 0. The molecule has 1 heterocycles. The minimum Gasteiger partial charge on any atom is -0.476 e. The van der Waals surface area contributed by atoms with E-state index >= 15 is 0 Å². The van der Waals surface area contributed by atoms with Crippen molar-refractivity contribution in [2.24, 2.45) is 4.99 Å². The minimum absolute atomic E-state index is 0.494. The Morgan fingerprint density at radius 1 is 1.56 bits per heavy atom. The summed E-state index contributed by atoms with van der Waals surface area (Å²) in [6, 6.07) is 7.68. The SMILES string of the molecule is CNCC(O)c1cccc(C2=NCCO2)c1. The predicted molar refractivity (Wildman–Crippen MR) is 62.7 cm³/mol. The van der Waals surface area contributed by atoms with Crippen LogP contribution in [0.15, 0.2) is 29.3 Å². The van der Waals surface area contributed by atoms with Gasteiger partial charge in [0.1, 0.15) is 6.61 Å². The van der Waals surface area contributed by atoms with Gasteiger partial charge in [-0.1, -0.05) is 12.1 Å². The van der Waals surface area contributed by atoms with Gasteiger partial charge in [-0.05, 0) is 24.7 Å². The Morgan fingerprint density at radius 2 is 2.44 bits per heavy atom. The maximum absolute atomic E-state index is 9.84. The van der Waals surface area contributed by atoms with Crippen molar-refractivity contribution in [3.63, 3.8) is 0 Å². The number of aliphatic hydroxyl groups excluding tert-OH is 1. The van der Waals surface area contributed by atoms with Crippen LogP contribution in [0.5, 0.6) is 0 Å². The molecule has 0 fully saturated rings. The van der Waals surface area contributed by atoms with Gasteiger partial charge in [-0.15, -0.1) is 0 Å². The number of nitrogens with zero attached hydrogens (tertiary/aromatic N) is 1. The fraction of sp³-hybridized carbons (Fsp3) is 0.417. The van der Waals surface area contributed by atoms with Crippen LogP contribution in [0.3, 0.4) is 0 Å². The normalized spacial score (nSPS) is 16.8. The molecule has 1 aromatic rings. The monoisotopic (exact) mass is 220 g/mol. The van der Waals surface area contributed by atoms with Crippen LogP contribution in [-0.4, -0.2) is 37.7 Å². The number of nitrogens with one attached hydrogen (secondary N) is 1. The molecule has 0 saturated carbocycles. The van der Waals surface area contributed by atoms with Crippen molar-refractivity contribution in [3.8, 4) is 0 Å². The topological polar surface area (TPSA) is 53.8 Å². The van der Waals surface area contributed by atoms with Crippen molar-refractivity contribution in [1.29, 1.82) is 0 Å². The lowest BCUT2D eigenvalue weighted by atomic mass is 10.1. The first-order chi connectivity index (χ1) is 7.81. The molecule has 86 valence electrons. The maximum atomic E-state index is 9.84. The van der Waals surface area contributed by atoms with Gasteiger partial charge in [0, 0.05) is 12.1 Å². The Balaban J connectivity index is 2.19. The molecular formula is C12H16N2O2. The summed E-state index contributed by atoms with van der Waals surface area (Å²) in [5, 5.41) is 12.8. The summed E-state index contributed by atoms with van der Waals surface area (Å²) < 4.78 is 5.39. The van der Waals surface area contributed by atoms with Crippen LogP contribution in [0.25, 0.3) is 0 Å². The number of benzene rings is 1. The molecule has 2 N–H and O–H groups in total. The number of hydrogen-bond acceptors (Lipinski definition) is 4. The van der Waals surface area contributed by atoms with Crippen LogP contribution >= 0.6 is 0 Å². The zero-order valence-corrected chi connectivity index (χ0v) is 9.31. The Labute approximate surface area is 95.0 Å². The first kappa shape index (κ1) is 11.1. The van der Waals surface area contributed by atoms with E-state index < -0.39 is 6.10 Å². The predicted octanol–water partition coefficient (Wildman–Crippen LogP) is 0.716. The molecule has 0 saturated heterocycles. The average Bonchev–Trinajstić information content (AvgIpc) is 2.83. The molecule has 4 nitrogen and oxygen atoms in total. The number of aliphatic hydroxyl groups is 1. The van der Waals surface area contributed by atoms with E-state index in [1.165, 1.54) is 0 Å². The molecule has 0 radical (unpaired) electrons. The molecule has 0 amide bonds. The molecule has 1 aromatic carbocycles. The summed E-state index contributed by atoms with van der Waals surface area (Å²) in [6.07, 6.45) is -0.494. The molecule has 1 unspecified atom stereocenters. The third-order valence-corrected chi connectivity index (χ3v) is 2.50. The van der Waals surface area contributed by atoms with Gasteiger partial charge in [0.05, 0.1) is 12.6 Å². The summed E-state index contributed by atoms with van der Waals surface area (Å²) in [6.45, 7) is 1.91. The molecular weight excluding hydrogens is 204 g/mol. The van der Waals surface area contributed by atoms with Crippen molar-refractivity contribution in [2.75, 3.05) is 26.7 Å². The minimum atomic E-state index is -0.494. The smallest absolute Gasteiger partial charge is 0.216 e. The molecule has 16 heavy (non-hydrogen) atoms. The van der Waals surface area contributed by atoms with Crippen molar-refractivity contribution in [1.82, 2.24) is 5.32 Å². The Kier molecular flexibility index (Phi) is 3.54.